The first-order chi connectivity index (χ1) is 10.5. The Bertz CT molecular complexity index is 678. The molecule has 2 rings (SSSR count). The molecule has 7 nitrogen and oxygen atoms in total. The van der Waals surface area contributed by atoms with Crippen molar-refractivity contribution in [2.75, 3.05) is 11.5 Å². The quantitative estimate of drug-likeness (QED) is 0.296. The summed E-state index contributed by atoms with van der Waals surface area (Å²) in [6.07, 6.45) is 0. The first-order valence-corrected chi connectivity index (χ1v) is 6.60. The lowest BCUT2D eigenvalue weighted by atomic mass is 10.1. The van der Waals surface area contributed by atoms with Gasteiger partial charge in [0.2, 0.25) is 0 Å². The number of carbonyl (C=O) groups excluding carboxylic acids is 4. The zero-order valence-corrected chi connectivity index (χ0v) is 12.1. The number of para-hydroxylation sites is 1. The Morgan fingerprint density at radius 2 is 1.82 bits per heavy atom. The van der Waals surface area contributed by atoms with E-state index in [0.717, 1.165) is 11.8 Å². The van der Waals surface area contributed by atoms with Crippen LogP contribution in [0.2, 0.25) is 0 Å². The fourth-order valence-electron chi connectivity index (χ4n) is 2.03. The summed E-state index contributed by atoms with van der Waals surface area (Å²) in [6.45, 7) is 2.75. The lowest BCUT2D eigenvalue weighted by molar-refractivity contribution is -0.140. The van der Waals surface area contributed by atoms with Gasteiger partial charge in [0.15, 0.2) is 5.78 Å². The molecule has 0 spiro atoms. The molecular formula is C15H14N2O5. The van der Waals surface area contributed by atoms with Crippen LogP contribution in [-0.2, 0) is 19.1 Å². The highest BCUT2D eigenvalue weighted by molar-refractivity contribution is 6.32. The molecule has 0 aromatic heterocycles. The number of Topliss-reactive ketones (excluding diaryl/α,β-unsaturated/α-hetero) is 1. The summed E-state index contributed by atoms with van der Waals surface area (Å²) < 4.78 is 4.76. The average Bonchev–Trinajstić information content (AvgIpc) is 2.75. The van der Waals surface area contributed by atoms with Crippen molar-refractivity contribution in [2.45, 2.75) is 13.8 Å². The number of ketones is 1. The number of ether oxygens (including phenoxy) is 1. The van der Waals surface area contributed by atoms with Gasteiger partial charge in [-0.05, 0) is 26.0 Å². The lowest BCUT2D eigenvalue weighted by Gasteiger charge is -2.11. The van der Waals surface area contributed by atoms with Crippen molar-refractivity contribution >= 4 is 29.4 Å². The normalized spacial score (nSPS) is 16.4. The van der Waals surface area contributed by atoms with Crippen LogP contribution in [0.5, 0.6) is 0 Å². The van der Waals surface area contributed by atoms with Crippen molar-refractivity contribution in [3.05, 3.63) is 41.6 Å². The first kappa shape index (κ1) is 15.4. The van der Waals surface area contributed by atoms with E-state index < -0.39 is 29.3 Å². The molecule has 1 N–H and O–H groups in total. The Balaban J connectivity index is 2.47. The van der Waals surface area contributed by atoms with Gasteiger partial charge in [0.1, 0.15) is 11.3 Å². The van der Waals surface area contributed by atoms with Crippen LogP contribution < -0.4 is 10.2 Å². The van der Waals surface area contributed by atoms with E-state index in [1.54, 1.807) is 37.3 Å². The summed E-state index contributed by atoms with van der Waals surface area (Å²) >= 11 is 0. The number of urea groups is 1. The monoisotopic (exact) mass is 302 g/mol. The van der Waals surface area contributed by atoms with E-state index in [1.807, 2.05) is 0 Å². The highest BCUT2D eigenvalue weighted by atomic mass is 16.5. The second-order valence-corrected chi connectivity index (χ2v) is 4.43. The number of nitrogens with zero attached hydrogens (tertiary/aromatic N) is 1. The number of carbonyl (C=O) groups is 4. The topological polar surface area (TPSA) is 92.8 Å². The van der Waals surface area contributed by atoms with Crippen LogP contribution >= 0.6 is 0 Å². The van der Waals surface area contributed by atoms with Gasteiger partial charge in [-0.15, -0.1) is 0 Å². The second-order valence-electron chi connectivity index (χ2n) is 4.43. The maximum Gasteiger partial charge on any atom is 0.344 e. The van der Waals surface area contributed by atoms with Gasteiger partial charge in [-0.25, -0.2) is 14.5 Å². The van der Waals surface area contributed by atoms with Crippen LogP contribution in [0.3, 0.4) is 0 Å². The minimum absolute atomic E-state index is 0.0490. The number of benzene rings is 1. The predicted octanol–water partition coefficient (Wildman–Crippen LogP) is 1.15. The van der Waals surface area contributed by atoms with E-state index in [9.17, 15) is 19.2 Å². The smallest absolute Gasteiger partial charge is 0.344 e. The summed E-state index contributed by atoms with van der Waals surface area (Å²) in [5.74, 6) is -2.36. The molecular weight excluding hydrogens is 288 g/mol. The molecule has 0 aliphatic carbocycles. The van der Waals surface area contributed by atoms with Crippen LogP contribution in [0.15, 0.2) is 41.6 Å². The Kier molecular flexibility index (Phi) is 4.36. The van der Waals surface area contributed by atoms with Crippen molar-refractivity contribution in [3.63, 3.8) is 0 Å². The number of hydrogen-bond donors (Lipinski definition) is 1. The van der Waals surface area contributed by atoms with Gasteiger partial charge in [0.25, 0.3) is 5.91 Å². The Morgan fingerprint density at radius 1 is 1.18 bits per heavy atom. The zero-order chi connectivity index (χ0) is 16.3. The second kappa shape index (κ2) is 6.21. The molecule has 1 aromatic carbocycles. The van der Waals surface area contributed by atoms with Crippen LogP contribution in [0.25, 0.3) is 0 Å². The van der Waals surface area contributed by atoms with Gasteiger partial charge in [0, 0.05) is 0 Å². The molecule has 1 aliphatic rings. The van der Waals surface area contributed by atoms with Gasteiger partial charge < -0.3 is 10.1 Å². The predicted molar refractivity (Wildman–Crippen MR) is 76.8 cm³/mol. The molecule has 7 heteroatoms. The molecule has 0 bridgehead atoms. The SMILES string of the molecule is CCOC(=O)C(C(C)=O)=C1NC(=O)N(c2ccccc2)C1=O. The highest BCUT2D eigenvalue weighted by Crippen LogP contribution is 2.22. The largest absolute Gasteiger partial charge is 0.462 e. The molecule has 0 atom stereocenters. The number of rotatable bonds is 4. The van der Waals surface area contributed by atoms with Gasteiger partial charge in [-0.3, -0.25) is 9.59 Å². The fraction of sp³-hybridized carbons (Fsp3) is 0.200. The summed E-state index contributed by atoms with van der Waals surface area (Å²) in [5.41, 5.74) is -0.481. The van der Waals surface area contributed by atoms with Crippen LogP contribution in [0.4, 0.5) is 10.5 Å². The average molecular weight is 302 g/mol. The minimum Gasteiger partial charge on any atom is -0.462 e. The number of hydrogen-bond acceptors (Lipinski definition) is 5. The molecule has 22 heavy (non-hydrogen) atoms. The number of amides is 3. The molecule has 1 saturated heterocycles. The molecule has 1 heterocycles. The maximum absolute atomic E-state index is 12.4. The van der Waals surface area contributed by atoms with Gasteiger partial charge in [0.05, 0.1) is 12.3 Å². The standard InChI is InChI=1S/C15H14N2O5/c1-3-22-14(20)11(9(2)18)12-13(19)17(15(21)16-12)10-7-5-4-6-8-10/h4-8H,3H2,1-2H3,(H,16,21). The van der Waals surface area contributed by atoms with E-state index in [1.165, 1.54) is 0 Å². The molecule has 0 radical (unpaired) electrons. The number of nitrogens with one attached hydrogen (secondary N) is 1. The Labute approximate surface area is 126 Å². The van der Waals surface area contributed by atoms with Crippen LogP contribution in [0, 0.1) is 0 Å². The van der Waals surface area contributed by atoms with Crippen molar-refractivity contribution in [2.24, 2.45) is 0 Å². The zero-order valence-electron chi connectivity index (χ0n) is 12.1. The van der Waals surface area contributed by atoms with Crippen molar-refractivity contribution < 1.29 is 23.9 Å². The van der Waals surface area contributed by atoms with E-state index >= 15 is 0 Å². The molecule has 1 aromatic rings. The Morgan fingerprint density at radius 3 is 2.36 bits per heavy atom. The van der Waals surface area contributed by atoms with Gasteiger partial charge in [-0.2, -0.15) is 0 Å². The molecule has 0 saturated carbocycles. The van der Waals surface area contributed by atoms with E-state index in [4.69, 9.17) is 4.74 Å². The third kappa shape index (κ3) is 2.73. The van der Waals surface area contributed by atoms with Gasteiger partial charge in [-0.1, -0.05) is 18.2 Å². The van der Waals surface area contributed by atoms with Crippen molar-refractivity contribution in [1.29, 1.82) is 0 Å². The summed E-state index contributed by atoms with van der Waals surface area (Å²) in [6, 6.07) is 7.47. The van der Waals surface area contributed by atoms with Crippen LogP contribution in [-0.4, -0.2) is 30.3 Å². The first-order valence-electron chi connectivity index (χ1n) is 6.60. The van der Waals surface area contributed by atoms with Crippen molar-refractivity contribution in [3.8, 4) is 0 Å². The molecule has 3 amide bonds. The molecule has 0 unspecified atom stereocenters. The molecule has 114 valence electrons. The summed E-state index contributed by atoms with van der Waals surface area (Å²) in [4.78, 5) is 48.8. The highest BCUT2D eigenvalue weighted by Gasteiger charge is 2.39. The molecule has 1 fully saturated rings. The number of esters is 1. The van der Waals surface area contributed by atoms with Gasteiger partial charge >= 0.3 is 12.0 Å². The number of anilines is 1. The van der Waals surface area contributed by atoms with E-state index in [2.05, 4.69) is 5.32 Å². The Hall–Kier alpha value is -2.96. The number of imide groups is 1. The lowest BCUT2D eigenvalue weighted by Crippen LogP contribution is -2.30. The summed E-state index contributed by atoms with van der Waals surface area (Å²) in [7, 11) is 0. The van der Waals surface area contributed by atoms with E-state index in [-0.39, 0.29) is 12.3 Å². The van der Waals surface area contributed by atoms with Crippen molar-refractivity contribution in [1.82, 2.24) is 5.32 Å². The van der Waals surface area contributed by atoms with E-state index in [0.29, 0.717) is 5.69 Å². The third-order valence-electron chi connectivity index (χ3n) is 2.95. The summed E-state index contributed by atoms with van der Waals surface area (Å²) in [5, 5.41) is 2.27. The third-order valence-corrected chi connectivity index (χ3v) is 2.95. The minimum atomic E-state index is -0.937. The molecule has 1 aliphatic heterocycles. The maximum atomic E-state index is 12.4. The fourth-order valence-corrected chi connectivity index (χ4v) is 2.03. The van der Waals surface area contributed by atoms with Crippen LogP contribution in [0.1, 0.15) is 13.8 Å².